The van der Waals surface area contributed by atoms with Crippen molar-refractivity contribution in [2.24, 2.45) is 11.7 Å². The summed E-state index contributed by atoms with van der Waals surface area (Å²) in [5.74, 6) is 1.37. The maximum absolute atomic E-state index is 11.9. The van der Waals surface area contributed by atoms with Crippen molar-refractivity contribution in [2.75, 3.05) is 13.3 Å². The summed E-state index contributed by atoms with van der Waals surface area (Å²) >= 11 is 0. The third-order valence-electron chi connectivity index (χ3n) is 2.97. The topological polar surface area (TPSA) is 35.2 Å². The van der Waals surface area contributed by atoms with Gasteiger partial charge in [-0.15, -0.1) is 0 Å². The van der Waals surface area contributed by atoms with E-state index in [1.807, 2.05) is 19.1 Å². The summed E-state index contributed by atoms with van der Waals surface area (Å²) in [6, 6.07) is 8.20. The van der Waals surface area contributed by atoms with Crippen LogP contribution in [0.4, 0.5) is 4.39 Å². The zero-order valence-electron chi connectivity index (χ0n) is 11.4. The number of alkyl halides is 1. The van der Waals surface area contributed by atoms with Gasteiger partial charge in [0.2, 0.25) is 0 Å². The smallest absolute Gasteiger partial charge is 0.123 e. The summed E-state index contributed by atoms with van der Waals surface area (Å²) in [5, 5.41) is 0. The molecular formula is C15H24FNO. The molecule has 0 spiro atoms. The summed E-state index contributed by atoms with van der Waals surface area (Å²) in [6.07, 6.45) is 3.27. The molecule has 1 rings (SSSR count). The van der Waals surface area contributed by atoms with Gasteiger partial charge in [-0.2, -0.15) is 0 Å². The lowest BCUT2D eigenvalue weighted by Crippen LogP contribution is -2.16. The maximum Gasteiger partial charge on any atom is 0.123 e. The Morgan fingerprint density at radius 2 is 1.83 bits per heavy atom. The van der Waals surface area contributed by atoms with Crippen LogP contribution < -0.4 is 10.5 Å². The molecule has 0 aromatic heterocycles. The van der Waals surface area contributed by atoms with Gasteiger partial charge in [0, 0.05) is 6.04 Å². The molecule has 2 N–H and O–H groups in total. The van der Waals surface area contributed by atoms with Crippen LogP contribution in [0.3, 0.4) is 0 Å². The van der Waals surface area contributed by atoms with E-state index in [0.29, 0.717) is 5.92 Å². The van der Waals surface area contributed by atoms with Crippen LogP contribution in [-0.2, 0) is 6.42 Å². The molecule has 0 radical (unpaired) electrons. The minimum absolute atomic E-state index is 0.129. The van der Waals surface area contributed by atoms with Gasteiger partial charge in [0.15, 0.2) is 0 Å². The average molecular weight is 253 g/mol. The Kier molecular flexibility index (Phi) is 6.73. The first-order valence-electron chi connectivity index (χ1n) is 6.65. The van der Waals surface area contributed by atoms with Gasteiger partial charge in [-0.05, 0) is 49.8 Å². The largest absolute Gasteiger partial charge is 0.491 e. The lowest BCUT2D eigenvalue weighted by Gasteiger charge is -2.13. The first-order valence-corrected chi connectivity index (χ1v) is 6.65. The normalized spacial score (nSPS) is 14.2. The van der Waals surface area contributed by atoms with Crippen LogP contribution in [0.2, 0.25) is 0 Å². The van der Waals surface area contributed by atoms with Crippen molar-refractivity contribution in [1.82, 2.24) is 0 Å². The summed E-state index contributed by atoms with van der Waals surface area (Å²) in [5.41, 5.74) is 7.04. The van der Waals surface area contributed by atoms with Crippen LogP contribution in [0.1, 0.15) is 32.3 Å². The molecule has 0 aliphatic heterocycles. The summed E-state index contributed by atoms with van der Waals surface area (Å²) in [6.45, 7) is 3.97. The van der Waals surface area contributed by atoms with E-state index in [-0.39, 0.29) is 12.6 Å². The molecule has 2 atom stereocenters. The van der Waals surface area contributed by atoms with E-state index in [2.05, 4.69) is 19.1 Å². The first-order chi connectivity index (χ1) is 8.61. The van der Waals surface area contributed by atoms with Crippen LogP contribution in [0.5, 0.6) is 5.75 Å². The van der Waals surface area contributed by atoms with E-state index >= 15 is 0 Å². The SMILES string of the molecule is CC(N)CCC(C)Cc1ccc(OCCF)cc1. The van der Waals surface area contributed by atoms with Crippen molar-refractivity contribution in [2.45, 2.75) is 39.2 Å². The van der Waals surface area contributed by atoms with E-state index in [9.17, 15) is 4.39 Å². The summed E-state index contributed by atoms with van der Waals surface area (Å²) in [4.78, 5) is 0. The fourth-order valence-electron chi connectivity index (χ4n) is 1.93. The molecule has 0 heterocycles. The number of rotatable bonds is 8. The van der Waals surface area contributed by atoms with Crippen molar-refractivity contribution in [3.8, 4) is 5.75 Å². The second-order valence-corrected chi connectivity index (χ2v) is 5.05. The van der Waals surface area contributed by atoms with Crippen molar-refractivity contribution in [3.05, 3.63) is 29.8 Å². The van der Waals surface area contributed by atoms with E-state index in [4.69, 9.17) is 10.5 Å². The Morgan fingerprint density at radius 1 is 1.17 bits per heavy atom. The third-order valence-corrected chi connectivity index (χ3v) is 2.97. The van der Waals surface area contributed by atoms with Gasteiger partial charge in [-0.25, -0.2) is 4.39 Å². The molecule has 1 aromatic carbocycles. The van der Waals surface area contributed by atoms with Gasteiger partial charge in [0.25, 0.3) is 0 Å². The lowest BCUT2D eigenvalue weighted by molar-refractivity contribution is 0.273. The molecule has 1 aromatic rings. The van der Waals surface area contributed by atoms with Gasteiger partial charge >= 0.3 is 0 Å². The predicted molar refractivity (Wildman–Crippen MR) is 73.7 cm³/mol. The number of hydrogen-bond donors (Lipinski definition) is 1. The first kappa shape index (κ1) is 15.0. The number of ether oxygens (including phenoxy) is 1. The standard InChI is InChI=1S/C15H24FNO/c1-12(3-4-13(2)17)11-14-5-7-15(8-6-14)18-10-9-16/h5-8,12-13H,3-4,9-11,17H2,1-2H3. The lowest BCUT2D eigenvalue weighted by atomic mass is 9.95. The quantitative estimate of drug-likeness (QED) is 0.771. The number of halogens is 1. The monoisotopic (exact) mass is 253 g/mol. The Balaban J connectivity index is 2.38. The van der Waals surface area contributed by atoms with E-state index in [0.717, 1.165) is 25.0 Å². The molecule has 0 aliphatic carbocycles. The zero-order chi connectivity index (χ0) is 13.4. The molecule has 0 fully saturated rings. The molecule has 2 nitrogen and oxygen atoms in total. The van der Waals surface area contributed by atoms with E-state index in [1.54, 1.807) is 0 Å². The minimum Gasteiger partial charge on any atom is -0.491 e. The van der Waals surface area contributed by atoms with Crippen LogP contribution in [0.25, 0.3) is 0 Å². The number of hydrogen-bond acceptors (Lipinski definition) is 2. The highest BCUT2D eigenvalue weighted by Gasteiger charge is 2.05. The van der Waals surface area contributed by atoms with E-state index in [1.165, 1.54) is 5.56 Å². The molecule has 0 bridgehead atoms. The molecule has 0 saturated heterocycles. The van der Waals surface area contributed by atoms with Crippen molar-refractivity contribution in [1.29, 1.82) is 0 Å². The zero-order valence-corrected chi connectivity index (χ0v) is 11.4. The number of benzene rings is 1. The van der Waals surface area contributed by atoms with Gasteiger partial charge in [-0.3, -0.25) is 0 Å². The van der Waals surface area contributed by atoms with Crippen molar-refractivity contribution >= 4 is 0 Å². The Labute approximate surface area is 109 Å². The van der Waals surface area contributed by atoms with Gasteiger partial charge in [0.05, 0.1) is 0 Å². The molecule has 0 aliphatic rings. The van der Waals surface area contributed by atoms with Gasteiger partial charge < -0.3 is 10.5 Å². The fourth-order valence-corrected chi connectivity index (χ4v) is 1.93. The molecule has 0 saturated carbocycles. The van der Waals surface area contributed by atoms with Crippen LogP contribution in [0, 0.1) is 5.92 Å². The highest BCUT2D eigenvalue weighted by atomic mass is 19.1. The second-order valence-electron chi connectivity index (χ2n) is 5.05. The highest BCUT2D eigenvalue weighted by molar-refractivity contribution is 5.27. The van der Waals surface area contributed by atoms with Crippen molar-refractivity contribution in [3.63, 3.8) is 0 Å². The minimum atomic E-state index is -0.448. The fraction of sp³-hybridized carbons (Fsp3) is 0.600. The Morgan fingerprint density at radius 3 is 2.39 bits per heavy atom. The Bertz CT molecular complexity index is 324. The molecule has 3 heteroatoms. The Hall–Kier alpha value is -1.09. The van der Waals surface area contributed by atoms with Gasteiger partial charge in [0.1, 0.15) is 19.0 Å². The molecular weight excluding hydrogens is 229 g/mol. The summed E-state index contributed by atoms with van der Waals surface area (Å²) < 4.78 is 17.1. The van der Waals surface area contributed by atoms with Crippen molar-refractivity contribution < 1.29 is 9.13 Å². The average Bonchev–Trinajstić information content (AvgIpc) is 2.35. The van der Waals surface area contributed by atoms with E-state index < -0.39 is 6.67 Å². The van der Waals surface area contributed by atoms with Crippen LogP contribution >= 0.6 is 0 Å². The highest BCUT2D eigenvalue weighted by Crippen LogP contribution is 2.17. The second kappa shape index (κ2) is 8.09. The molecule has 102 valence electrons. The number of nitrogens with two attached hydrogens (primary N) is 1. The summed E-state index contributed by atoms with van der Waals surface area (Å²) in [7, 11) is 0. The molecule has 0 amide bonds. The third kappa shape index (κ3) is 6.01. The van der Waals surface area contributed by atoms with Crippen LogP contribution in [0.15, 0.2) is 24.3 Å². The molecule has 18 heavy (non-hydrogen) atoms. The maximum atomic E-state index is 11.9. The van der Waals surface area contributed by atoms with Crippen LogP contribution in [-0.4, -0.2) is 19.3 Å². The predicted octanol–water partition coefficient (Wildman–Crippen LogP) is 3.34. The molecule has 2 unspecified atom stereocenters. The van der Waals surface area contributed by atoms with Gasteiger partial charge in [-0.1, -0.05) is 19.1 Å².